The van der Waals surface area contributed by atoms with Gasteiger partial charge >= 0.3 is 6.16 Å². The quantitative estimate of drug-likeness (QED) is 0.0214. The molecule has 13 heteroatoms. The number of non-ortho nitro benzene ring substituents is 2. The van der Waals surface area contributed by atoms with Gasteiger partial charge in [-0.25, -0.2) is 4.79 Å². The first-order chi connectivity index (χ1) is 33.4. The van der Waals surface area contributed by atoms with Crippen LogP contribution in [0.2, 0.25) is 0 Å². The van der Waals surface area contributed by atoms with Crippen LogP contribution in [-0.4, -0.2) is 46.3 Å². The van der Waals surface area contributed by atoms with Gasteiger partial charge < -0.3 is 18.3 Å². The fourth-order valence-electron chi connectivity index (χ4n) is 8.20. The van der Waals surface area contributed by atoms with Crippen molar-refractivity contribution < 1.29 is 33.0 Å². The van der Waals surface area contributed by atoms with E-state index in [0.29, 0.717) is 24.0 Å². The fourth-order valence-corrected chi connectivity index (χ4v) is 12.4. The monoisotopic (exact) mass is 978 g/mol. The lowest BCUT2D eigenvalue weighted by Crippen LogP contribution is -2.47. The first-order valence-corrected chi connectivity index (χ1v) is 27.1. The number of benzene rings is 6. The van der Waals surface area contributed by atoms with Crippen LogP contribution in [0.3, 0.4) is 0 Å². The largest absolute Gasteiger partial charge is 0.519 e. The molecule has 0 fully saturated rings. The van der Waals surface area contributed by atoms with Crippen LogP contribution in [0.25, 0.3) is 0 Å². The third-order valence-electron chi connectivity index (χ3n) is 12.2. The number of rotatable bonds is 22. The maximum absolute atomic E-state index is 14.0. The Morgan fingerprint density at radius 1 is 0.514 bits per heavy atom. The minimum atomic E-state index is -1.81. The van der Waals surface area contributed by atoms with E-state index in [1.165, 1.54) is 47.5 Å². The van der Waals surface area contributed by atoms with Gasteiger partial charge in [0.25, 0.3) is 29.5 Å². The van der Waals surface area contributed by atoms with E-state index in [4.69, 9.17) is 18.3 Å². The third-order valence-corrected chi connectivity index (χ3v) is 16.8. The lowest BCUT2D eigenvalue weighted by atomic mass is 9.87. The summed E-state index contributed by atoms with van der Waals surface area (Å²) in [5.41, 5.74) is 2.86. The highest BCUT2D eigenvalue weighted by atomic mass is 28.3. The molecule has 0 N–H and O–H groups in total. The highest BCUT2D eigenvalue weighted by Crippen LogP contribution is 2.31. The van der Waals surface area contributed by atoms with Gasteiger partial charge in [0.15, 0.2) is 0 Å². The van der Waals surface area contributed by atoms with Gasteiger partial charge in [0.1, 0.15) is 11.5 Å². The molecule has 2 atom stereocenters. The van der Waals surface area contributed by atoms with Gasteiger partial charge in [-0.05, 0) is 67.7 Å². The molecule has 0 aliphatic heterocycles. The van der Waals surface area contributed by atoms with Crippen LogP contribution in [0.4, 0.5) is 16.2 Å². The Balaban J connectivity index is 1.29. The topological polar surface area (TPSA) is 140 Å². The van der Waals surface area contributed by atoms with Gasteiger partial charge in [-0.15, -0.1) is 0 Å². The molecule has 2 unspecified atom stereocenters. The number of nitro benzene ring substituents is 2. The summed E-state index contributed by atoms with van der Waals surface area (Å²) in [5, 5.41) is 28.6. The summed E-state index contributed by atoms with van der Waals surface area (Å²) in [6.07, 6.45) is 3.36. The van der Waals surface area contributed by atoms with Crippen molar-refractivity contribution >= 4 is 56.4 Å². The molecule has 6 aromatic carbocycles. The Kier molecular flexibility index (Phi) is 18.6. The summed E-state index contributed by atoms with van der Waals surface area (Å²) in [6.45, 7) is 17.3. The zero-order valence-electron chi connectivity index (χ0n) is 41.7. The second-order valence-corrected chi connectivity index (χ2v) is 23.9. The third kappa shape index (κ3) is 14.9. The summed E-state index contributed by atoms with van der Waals surface area (Å²) < 4.78 is 26.1. The minimum Gasteiger partial charge on any atom is -0.404 e. The van der Waals surface area contributed by atoms with Crippen LogP contribution in [-0.2, 0) is 32.5 Å². The maximum Gasteiger partial charge on any atom is 0.519 e. The van der Waals surface area contributed by atoms with Crippen LogP contribution in [0.5, 0.6) is 11.5 Å². The van der Waals surface area contributed by atoms with E-state index in [1.54, 1.807) is 0 Å². The summed E-state index contributed by atoms with van der Waals surface area (Å²) >= 11 is 0. The van der Waals surface area contributed by atoms with Crippen molar-refractivity contribution in [2.75, 3.05) is 0 Å². The fraction of sp³-hybridized carbons (Fsp3) is 0.351. The second kappa shape index (κ2) is 24.5. The van der Waals surface area contributed by atoms with E-state index in [-0.39, 0.29) is 46.5 Å². The van der Waals surface area contributed by atoms with Crippen molar-refractivity contribution in [1.29, 1.82) is 0 Å². The molecule has 0 heterocycles. The van der Waals surface area contributed by atoms with Crippen molar-refractivity contribution in [2.24, 2.45) is 0 Å². The molecule has 0 saturated carbocycles. The summed E-state index contributed by atoms with van der Waals surface area (Å²) in [5.74, 6) is 0.174. The summed E-state index contributed by atoms with van der Waals surface area (Å²) in [6, 6.07) is 45.6. The molecule has 0 amide bonds. The predicted molar refractivity (Wildman–Crippen MR) is 282 cm³/mol. The average Bonchev–Trinajstić information content (AvgIpc) is 3.34. The predicted octanol–water partition coefficient (Wildman–Crippen LogP) is 11.5. The van der Waals surface area contributed by atoms with Crippen LogP contribution in [0.15, 0.2) is 146 Å². The number of unbranched alkanes of at least 4 members (excludes halogenated alkanes) is 2. The molecular weight excluding hydrogens is 913 g/mol. The normalized spacial score (nSPS) is 12.7. The van der Waals surface area contributed by atoms with Gasteiger partial charge in [0.05, 0.1) is 9.85 Å². The molecule has 0 aliphatic carbocycles. The van der Waals surface area contributed by atoms with Crippen molar-refractivity contribution in [3.63, 3.8) is 0 Å². The number of hydrogen-bond acceptors (Lipinski definition) is 9. The van der Waals surface area contributed by atoms with Gasteiger partial charge in [0, 0.05) is 60.4 Å². The Labute approximate surface area is 417 Å². The first-order valence-electron chi connectivity index (χ1n) is 24.3. The molecular formula is C57H66N2O9Si2. The molecule has 6 aromatic rings. The zero-order chi connectivity index (χ0) is 50.4. The van der Waals surface area contributed by atoms with E-state index >= 15 is 0 Å². The summed E-state index contributed by atoms with van der Waals surface area (Å²) in [4.78, 5) is 37.3. The molecule has 0 spiro atoms. The number of hydrogen-bond donors (Lipinski definition) is 0. The number of carbonyl (C=O) groups excluding carboxylic acids is 1. The van der Waals surface area contributed by atoms with E-state index in [2.05, 4.69) is 128 Å². The first kappa shape index (κ1) is 53.1. The molecule has 6 rings (SSSR count). The molecule has 0 bridgehead atoms. The van der Waals surface area contributed by atoms with E-state index in [1.807, 2.05) is 36.4 Å². The average molecular weight is 979 g/mol. The van der Waals surface area contributed by atoms with E-state index < -0.39 is 46.3 Å². The van der Waals surface area contributed by atoms with Crippen molar-refractivity contribution in [2.45, 2.75) is 130 Å². The standard InChI is InChI=1S/C57H66N2O9Si2/c1-9-11-19-47(67-69(49-21-15-13-16-22-49)51-31-25-43(26-32-51)56(3,4)5)39-41-37-45(58(61)62)29-35-53(41)65-55(60)66-54-36-30-46(59(63)64)38-42(54)40-48(20-12-10-2)68-70(50-23-17-14-18-24-50)52-33-27-44(28-34-52)57(6,7)8/h13-18,21-38,47-48H,9-12,19-20,39-40H2,1-8H3. The van der Waals surface area contributed by atoms with Crippen molar-refractivity contribution in [3.05, 3.63) is 188 Å². The van der Waals surface area contributed by atoms with Crippen LogP contribution < -0.4 is 30.2 Å². The van der Waals surface area contributed by atoms with Gasteiger partial charge in [0.2, 0.25) is 0 Å². The van der Waals surface area contributed by atoms with Crippen LogP contribution in [0, 0.1) is 20.2 Å². The van der Waals surface area contributed by atoms with Gasteiger partial charge in [-0.3, -0.25) is 20.2 Å². The summed E-state index contributed by atoms with van der Waals surface area (Å²) in [7, 11) is -3.62. The highest BCUT2D eigenvalue weighted by Gasteiger charge is 2.29. The molecule has 0 saturated heterocycles. The van der Waals surface area contributed by atoms with E-state index in [9.17, 15) is 25.0 Å². The van der Waals surface area contributed by atoms with Gasteiger partial charge in [-0.1, -0.05) is 190 Å². The highest BCUT2D eigenvalue weighted by molar-refractivity contribution is 6.80. The Bertz CT molecular complexity index is 2470. The number of carbonyl (C=O) groups is 1. The smallest absolute Gasteiger partial charge is 0.404 e. The molecule has 2 radical (unpaired) electrons. The van der Waals surface area contributed by atoms with Crippen molar-refractivity contribution in [1.82, 2.24) is 0 Å². The van der Waals surface area contributed by atoms with Crippen LogP contribution in [0.1, 0.15) is 116 Å². The van der Waals surface area contributed by atoms with Crippen LogP contribution >= 0.6 is 0 Å². The second-order valence-electron chi connectivity index (χ2n) is 19.8. The Morgan fingerprint density at radius 3 is 1.17 bits per heavy atom. The number of ether oxygens (including phenoxy) is 2. The minimum absolute atomic E-state index is 0.0270. The Morgan fingerprint density at radius 2 is 0.857 bits per heavy atom. The number of nitrogens with zero attached hydrogens (tertiary/aromatic N) is 2. The Hall–Kier alpha value is -6.26. The van der Waals surface area contributed by atoms with E-state index in [0.717, 1.165) is 46.4 Å². The molecule has 0 aromatic heterocycles. The molecule has 11 nitrogen and oxygen atoms in total. The lowest BCUT2D eigenvalue weighted by molar-refractivity contribution is -0.385. The molecule has 0 aliphatic rings. The maximum atomic E-state index is 14.0. The molecule has 70 heavy (non-hydrogen) atoms. The SMILES string of the molecule is CCCCC(Cc1cc([N+](=O)[O-])ccc1OC(=O)Oc1ccc([N+](=O)[O-])cc1CC(CCCC)O[Si](c1ccccc1)c1ccc(C(C)(C)C)cc1)O[Si](c1ccccc1)c1ccc(C(C)(C)C)cc1. The zero-order valence-corrected chi connectivity index (χ0v) is 43.7. The lowest BCUT2D eigenvalue weighted by Gasteiger charge is -2.26. The molecule has 366 valence electrons. The number of nitro groups is 2. The van der Waals surface area contributed by atoms with Crippen molar-refractivity contribution in [3.8, 4) is 11.5 Å². The van der Waals surface area contributed by atoms with Gasteiger partial charge in [-0.2, -0.15) is 0 Å².